The van der Waals surface area contributed by atoms with Crippen LogP contribution in [0.3, 0.4) is 0 Å². The number of anilines is 1. The molecule has 0 aliphatic carbocycles. The van der Waals surface area contributed by atoms with Crippen LogP contribution in [0.15, 0.2) is 36.5 Å². The first kappa shape index (κ1) is 13.3. The number of nitrogens with one attached hydrogen (secondary N) is 1. The highest BCUT2D eigenvalue weighted by Gasteiger charge is 2.04. The molecule has 0 fully saturated rings. The lowest BCUT2D eigenvalue weighted by Gasteiger charge is -2.09. The smallest absolute Gasteiger partial charge is 0.225 e. The van der Waals surface area contributed by atoms with Crippen molar-refractivity contribution in [2.24, 2.45) is 0 Å². The summed E-state index contributed by atoms with van der Waals surface area (Å²) in [4.78, 5) is 8.40. The van der Waals surface area contributed by atoms with Crippen molar-refractivity contribution in [3.8, 4) is 11.6 Å². The van der Waals surface area contributed by atoms with Crippen LogP contribution in [-0.2, 0) is 0 Å². The van der Waals surface area contributed by atoms with Crippen LogP contribution < -0.4 is 10.1 Å². The molecular weight excluding hydrogens is 238 g/mol. The lowest BCUT2D eigenvalue weighted by atomic mass is 10.0. The van der Waals surface area contributed by atoms with Crippen molar-refractivity contribution in [3.63, 3.8) is 0 Å². The van der Waals surface area contributed by atoms with E-state index in [1.807, 2.05) is 25.1 Å². The molecule has 0 bridgehead atoms. The highest BCUT2D eigenvalue weighted by Crippen LogP contribution is 2.24. The van der Waals surface area contributed by atoms with Crippen molar-refractivity contribution >= 4 is 5.95 Å². The standard InChI is InChI=1S/C15H19N3O/c1-4-16-15-17-9-8-14(18-15)19-13-7-5-6-12(10-13)11(2)3/h5-11H,4H2,1-3H3,(H,16,17,18). The number of ether oxygens (including phenoxy) is 1. The van der Waals surface area contributed by atoms with Crippen LogP contribution in [0.4, 0.5) is 5.95 Å². The second kappa shape index (κ2) is 6.18. The molecule has 1 aromatic heterocycles. The molecule has 0 amide bonds. The van der Waals surface area contributed by atoms with Gasteiger partial charge in [0.05, 0.1) is 0 Å². The molecule has 0 spiro atoms. The number of aromatic nitrogens is 2. The van der Waals surface area contributed by atoms with E-state index in [9.17, 15) is 0 Å². The fourth-order valence-electron chi connectivity index (χ4n) is 1.70. The van der Waals surface area contributed by atoms with Gasteiger partial charge in [0.1, 0.15) is 5.75 Å². The van der Waals surface area contributed by atoms with Gasteiger partial charge in [0.15, 0.2) is 0 Å². The van der Waals surface area contributed by atoms with Crippen LogP contribution in [0.5, 0.6) is 11.6 Å². The largest absolute Gasteiger partial charge is 0.439 e. The number of benzene rings is 1. The second-order valence-corrected chi connectivity index (χ2v) is 4.58. The number of rotatable bonds is 5. The van der Waals surface area contributed by atoms with Gasteiger partial charge in [-0.3, -0.25) is 0 Å². The lowest BCUT2D eigenvalue weighted by molar-refractivity contribution is 0.461. The Balaban J connectivity index is 2.16. The zero-order chi connectivity index (χ0) is 13.7. The van der Waals surface area contributed by atoms with Crippen LogP contribution in [0.2, 0.25) is 0 Å². The maximum absolute atomic E-state index is 5.77. The average molecular weight is 257 g/mol. The van der Waals surface area contributed by atoms with Crippen molar-refractivity contribution in [1.82, 2.24) is 9.97 Å². The van der Waals surface area contributed by atoms with Gasteiger partial charge in [0.25, 0.3) is 0 Å². The molecular formula is C15H19N3O. The van der Waals surface area contributed by atoms with Gasteiger partial charge in [-0.15, -0.1) is 0 Å². The Morgan fingerprint density at radius 1 is 1.26 bits per heavy atom. The molecule has 0 aliphatic rings. The monoisotopic (exact) mass is 257 g/mol. The van der Waals surface area contributed by atoms with E-state index in [0.717, 1.165) is 12.3 Å². The summed E-state index contributed by atoms with van der Waals surface area (Å²) in [6, 6.07) is 9.82. The lowest BCUT2D eigenvalue weighted by Crippen LogP contribution is -2.02. The van der Waals surface area contributed by atoms with Crippen LogP contribution in [-0.4, -0.2) is 16.5 Å². The second-order valence-electron chi connectivity index (χ2n) is 4.58. The fourth-order valence-corrected chi connectivity index (χ4v) is 1.70. The third kappa shape index (κ3) is 3.68. The zero-order valence-electron chi connectivity index (χ0n) is 11.6. The molecule has 0 atom stereocenters. The van der Waals surface area contributed by atoms with Gasteiger partial charge in [-0.05, 0) is 30.5 Å². The fraction of sp³-hybridized carbons (Fsp3) is 0.333. The zero-order valence-corrected chi connectivity index (χ0v) is 11.6. The van der Waals surface area contributed by atoms with Crippen molar-refractivity contribution in [2.45, 2.75) is 26.7 Å². The van der Waals surface area contributed by atoms with Gasteiger partial charge in [0, 0.05) is 18.8 Å². The SMILES string of the molecule is CCNc1nccc(Oc2cccc(C(C)C)c2)n1. The van der Waals surface area contributed by atoms with E-state index >= 15 is 0 Å². The normalized spacial score (nSPS) is 10.5. The topological polar surface area (TPSA) is 47.0 Å². The molecule has 0 saturated heterocycles. The third-order valence-electron chi connectivity index (χ3n) is 2.71. The molecule has 4 nitrogen and oxygen atoms in total. The molecule has 2 rings (SSSR count). The molecule has 100 valence electrons. The highest BCUT2D eigenvalue weighted by molar-refractivity contribution is 5.34. The quantitative estimate of drug-likeness (QED) is 0.884. The molecule has 0 unspecified atom stereocenters. The van der Waals surface area contributed by atoms with Gasteiger partial charge in [0.2, 0.25) is 11.8 Å². The Kier molecular flexibility index (Phi) is 4.34. The maximum atomic E-state index is 5.77. The Bertz CT molecular complexity index is 540. The Labute approximate surface area is 113 Å². The summed E-state index contributed by atoms with van der Waals surface area (Å²) < 4.78 is 5.77. The number of nitrogens with zero attached hydrogens (tertiary/aromatic N) is 2. The first-order valence-electron chi connectivity index (χ1n) is 6.53. The van der Waals surface area contributed by atoms with Crippen LogP contribution in [0, 0.1) is 0 Å². The van der Waals surface area contributed by atoms with Crippen molar-refractivity contribution in [1.29, 1.82) is 0 Å². The molecule has 19 heavy (non-hydrogen) atoms. The van der Waals surface area contributed by atoms with E-state index in [2.05, 4.69) is 35.2 Å². The van der Waals surface area contributed by atoms with E-state index in [0.29, 0.717) is 17.7 Å². The third-order valence-corrected chi connectivity index (χ3v) is 2.71. The van der Waals surface area contributed by atoms with Gasteiger partial charge < -0.3 is 10.1 Å². The minimum atomic E-state index is 0.478. The molecule has 0 radical (unpaired) electrons. The summed E-state index contributed by atoms with van der Waals surface area (Å²) in [5, 5.41) is 3.06. The van der Waals surface area contributed by atoms with Crippen LogP contribution >= 0.6 is 0 Å². The molecule has 0 aliphatic heterocycles. The molecule has 1 heterocycles. The minimum absolute atomic E-state index is 0.478. The van der Waals surface area contributed by atoms with Gasteiger partial charge in [-0.2, -0.15) is 4.98 Å². The van der Waals surface area contributed by atoms with E-state index in [1.54, 1.807) is 12.3 Å². The molecule has 0 saturated carbocycles. The first-order chi connectivity index (χ1) is 9.19. The minimum Gasteiger partial charge on any atom is -0.439 e. The number of hydrogen-bond donors (Lipinski definition) is 1. The van der Waals surface area contributed by atoms with Gasteiger partial charge >= 0.3 is 0 Å². The first-order valence-corrected chi connectivity index (χ1v) is 6.53. The van der Waals surface area contributed by atoms with Crippen molar-refractivity contribution in [3.05, 3.63) is 42.1 Å². The summed E-state index contributed by atoms with van der Waals surface area (Å²) >= 11 is 0. The summed E-state index contributed by atoms with van der Waals surface area (Å²) in [6.07, 6.45) is 1.69. The van der Waals surface area contributed by atoms with Crippen LogP contribution in [0.25, 0.3) is 0 Å². The number of hydrogen-bond acceptors (Lipinski definition) is 4. The van der Waals surface area contributed by atoms with E-state index in [4.69, 9.17) is 4.74 Å². The predicted molar refractivity (Wildman–Crippen MR) is 76.8 cm³/mol. The van der Waals surface area contributed by atoms with Gasteiger partial charge in [-0.1, -0.05) is 26.0 Å². The maximum Gasteiger partial charge on any atom is 0.225 e. The molecule has 1 N–H and O–H groups in total. The Hall–Kier alpha value is -2.10. The van der Waals surface area contributed by atoms with E-state index in [1.165, 1.54) is 5.56 Å². The van der Waals surface area contributed by atoms with E-state index < -0.39 is 0 Å². The average Bonchev–Trinajstić information content (AvgIpc) is 2.40. The van der Waals surface area contributed by atoms with Crippen molar-refractivity contribution in [2.75, 3.05) is 11.9 Å². The summed E-state index contributed by atoms with van der Waals surface area (Å²) in [6.45, 7) is 7.11. The highest BCUT2D eigenvalue weighted by atomic mass is 16.5. The Morgan fingerprint density at radius 2 is 2.11 bits per heavy atom. The van der Waals surface area contributed by atoms with E-state index in [-0.39, 0.29) is 0 Å². The summed E-state index contributed by atoms with van der Waals surface area (Å²) in [5.74, 6) is 2.41. The predicted octanol–water partition coefficient (Wildman–Crippen LogP) is 3.82. The summed E-state index contributed by atoms with van der Waals surface area (Å²) in [7, 11) is 0. The van der Waals surface area contributed by atoms with Crippen LogP contribution in [0.1, 0.15) is 32.3 Å². The molecule has 2 aromatic rings. The Morgan fingerprint density at radius 3 is 2.84 bits per heavy atom. The molecule has 4 heteroatoms. The summed E-state index contributed by atoms with van der Waals surface area (Å²) in [5.41, 5.74) is 1.25. The van der Waals surface area contributed by atoms with Gasteiger partial charge in [-0.25, -0.2) is 4.98 Å². The van der Waals surface area contributed by atoms with Crippen molar-refractivity contribution < 1.29 is 4.74 Å². The molecule has 1 aromatic carbocycles.